The second-order valence-corrected chi connectivity index (χ2v) is 2.60. The average molecular weight is 131 g/mol. The normalized spacial score (nSPS) is 13.7. The van der Waals surface area contributed by atoms with Crippen molar-refractivity contribution < 1.29 is 0 Å². The zero-order valence-corrected chi connectivity index (χ0v) is 5.96. The second-order valence-electron chi connectivity index (χ2n) is 2.60. The highest BCUT2D eigenvalue weighted by Crippen LogP contribution is 2.19. The summed E-state index contributed by atoms with van der Waals surface area (Å²) < 4.78 is 0. The van der Waals surface area contributed by atoms with E-state index in [2.05, 4.69) is 30.1 Å². The lowest BCUT2D eigenvalue weighted by atomic mass is 10.1. The van der Waals surface area contributed by atoms with Gasteiger partial charge in [-0.3, -0.25) is 4.98 Å². The largest absolute Gasteiger partial charge is 0.257 e. The maximum absolute atomic E-state index is 4.23. The summed E-state index contributed by atoms with van der Waals surface area (Å²) in [5.74, 6) is 0. The molecule has 0 aromatic carbocycles. The molecule has 0 aliphatic heterocycles. The van der Waals surface area contributed by atoms with Gasteiger partial charge in [0.1, 0.15) is 0 Å². The molecule has 0 spiro atoms. The van der Waals surface area contributed by atoms with Gasteiger partial charge in [0.15, 0.2) is 0 Å². The van der Waals surface area contributed by atoms with Crippen LogP contribution in [0.3, 0.4) is 0 Å². The zero-order chi connectivity index (χ0) is 6.97. The molecule has 1 aliphatic rings. The molecule has 1 nitrogen and oxygen atoms in total. The van der Waals surface area contributed by atoms with Crippen LogP contribution in [0, 0.1) is 6.92 Å². The summed E-state index contributed by atoms with van der Waals surface area (Å²) in [7, 11) is 0. The van der Waals surface area contributed by atoms with Crippen molar-refractivity contribution in [3.63, 3.8) is 0 Å². The van der Waals surface area contributed by atoms with E-state index in [0.717, 1.165) is 12.1 Å². The van der Waals surface area contributed by atoms with Crippen LogP contribution in [0.25, 0.3) is 6.08 Å². The molecule has 0 atom stereocenters. The smallest absolute Gasteiger partial charge is 0.0664 e. The number of nitrogens with zero attached hydrogens (tertiary/aromatic N) is 1. The molecule has 1 aliphatic carbocycles. The first kappa shape index (κ1) is 5.66. The Balaban J connectivity index is 2.66. The van der Waals surface area contributed by atoms with Crippen molar-refractivity contribution in [3.05, 3.63) is 35.2 Å². The lowest BCUT2D eigenvalue weighted by molar-refractivity contribution is 1.16. The van der Waals surface area contributed by atoms with Crippen molar-refractivity contribution in [3.8, 4) is 0 Å². The fourth-order valence-electron chi connectivity index (χ4n) is 1.31. The lowest BCUT2D eigenvalue weighted by Gasteiger charge is -1.99. The summed E-state index contributed by atoms with van der Waals surface area (Å²) in [6.07, 6.45) is 7.17. The predicted octanol–water partition coefficient (Wildman–Crippen LogP) is 1.96. The first-order chi connectivity index (χ1) is 4.88. The van der Waals surface area contributed by atoms with Gasteiger partial charge in [0.25, 0.3) is 0 Å². The van der Waals surface area contributed by atoms with Crippen molar-refractivity contribution in [1.82, 2.24) is 4.98 Å². The molecular formula is C9H9N. The Labute approximate surface area is 60.4 Å². The van der Waals surface area contributed by atoms with Crippen molar-refractivity contribution in [2.75, 3.05) is 0 Å². The molecule has 0 bridgehead atoms. The van der Waals surface area contributed by atoms with Crippen LogP contribution in [0.5, 0.6) is 0 Å². The lowest BCUT2D eigenvalue weighted by Crippen LogP contribution is -1.88. The fraction of sp³-hybridized carbons (Fsp3) is 0.222. The standard InChI is InChI=1S/C9H9N/c1-7-5-6-10-9-4-2-3-8(7)9/h2,4-6H,3H2,1H3. The number of rotatable bonds is 0. The van der Waals surface area contributed by atoms with Gasteiger partial charge in [0, 0.05) is 6.20 Å². The van der Waals surface area contributed by atoms with E-state index in [1.54, 1.807) is 0 Å². The van der Waals surface area contributed by atoms with E-state index in [4.69, 9.17) is 0 Å². The minimum Gasteiger partial charge on any atom is -0.257 e. The van der Waals surface area contributed by atoms with Gasteiger partial charge < -0.3 is 0 Å². The molecular weight excluding hydrogens is 122 g/mol. The number of hydrogen-bond acceptors (Lipinski definition) is 1. The predicted molar refractivity (Wildman–Crippen MR) is 41.7 cm³/mol. The number of hydrogen-bond donors (Lipinski definition) is 0. The van der Waals surface area contributed by atoms with Crippen molar-refractivity contribution in [2.45, 2.75) is 13.3 Å². The molecule has 0 saturated heterocycles. The van der Waals surface area contributed by atoms with E-state index >= 15 is 0 Å². The maximum Gasteiger partial charge on any atom is 0.0664 e. The molecule has 50 valence electrons. The number of fused-ring (bicyclic) bond motifs is 1. The minimum atomic E-state index is 1.06. The topological polar surface area (TPSA) is 12.9 Å². The molecule has 1 heteroatoms. The van der Waals surface area contributed by atoms with Crippen LogP contribution in [0.4, 0.5) is 0 Å². The molecule has 0 fully saturated rings. The van der Waals surface area contributed by atoms with Crippen LogP contribution in [-0.4, -0.2) is 4.98 Å². The monoisotopic (exact) mass is 131 g/mol. The number of aromatic nitrogens is 1. The molecule has 1 aromatic heterocycles. The Morgan fingerprint density at radius 2 is 2.40 bits per heavy atom. The third kappa shape index (κ3) is 0.670. The van der Waals surface area contributed by atoms with Gasteiger partial charge in [-0.1, -0.05) is 6.08 Å². The summed E-state index contributed by atoms with van der Waals surface area (Å²) in [6.45, 7) is 2.13. The number of aryl methyl sites for hydroxylation is 1. The summed E-state index contributed by atoms with van der Waals surface area (Å²) in [5.41, 5.74) is 3.90. The number of allylic oxidation sites excluding steroid dienone is 1. The maximum atomic E-state index is 4.23. The first-order valence-electron chi connectivity index (χ1n) is 3.49. The van der Waals surface area contributed by atoms with E-state index < -0.39 is 0 Å². The Morgan fingerprint density at radius 1 is 1.50 bits per heavy atom. The van der Waals surface area contributed by atoms with Crippen LogP contribution in [0.1, 0.15) is 16.8 Å². The Kier molecular flexibility index (Phi) is 1.10. The molecule has 10 heavy (non-hydrogen) atoms. The van der Waals surface area contributed by atoms with Gasteiger partial charge >= 0.3 is 0 Å². The molecule has 0 amide bonds. The minimum absolute atomic E-state index is 1.06. The van der Waals surface area contributed by atoms with Gasteiger partial charge in [-0.25, -0.2) is 0 Å². The van der Waals surface area contributed by atoms with Crippen LogP contribution >= 0.6 is 0 Å². The van der Waals surface area contributed by atoms with Gasteiger partial charge in [0.05, 0.1) is 5.69 Å². The third-order valence-electron chi connectivity index (χ3n) is 1.92. The number of pyridine rings is 1. The van der Waals surface area contributed by atoms with E-state index in [9.17, 15) is 0 Å². The summed E-state index contributed by atoms with van der Waals surface area (Å²) >= 11 is 0. The first-order valence-corrected chi connectivity index (χ1v) is 3.49. The van der Waals surface area contributed by atoms with Gasteiger partial charge in [-0.05, 0) is 36.6 Å². The van der Waals surface area contributed by atoms with Crippen molar-refractivity contribution >= 4 is 6.08 Å². The van der Waals surface area contributed by atoms with Crippen LogP contribution in [0.15, 0.2) is 18.3 Å². The highest BCUT2D eigenvalue weighted by Gasteiger charge is 2.06. The van der Waals surface area contributed by atoms with E-state index in [-0.39, 0.29) is 0 Å². The summed E-state index contributed by atoms with van der Waals surface area (Å²) in [5, 5.41) is 0. The Hall–Kier alpha value is -1.11. The Bertz CT molecular complexity index is 287. The Morgan fingerprint density at radius 3 is 3.20 bits per heavy atom. The average Bonchev–Trinajstić information content (AvgIpc) is 2.36. The highest BCUT2D eigenvalue weighted by atomic mass is 14.7. The van der Waals surface area contributed by atoms with E-state index in [0.29, 0.717) is 0 Å². The zero-order valence-electron chi connectivity index (χ0n) is 5.96. The van der Waals surface area contributed by atoms with E-state index in [1.807, 2.05) is 6.20 Å². The van der Waals surface area contributed by atoms with Crippen molar-refractivity contribution in [1.29, 1.82) is 0 Å². The highest BCUT2D eigenvalue weighted by molar-refractivity contribution is 5.57. The second kappa shape index (κ2) is 1.94. The molecule has 0 unspecified atom stereocenters. The summed E-state index contributed by atoms with van der Waals surface area (Å²) in [6, 6.07) is 2.06. The van der Waals surface area contributed by atoms with Gasteiger partial charge in [0.2, 0.25) is 0 Å². The van der Waals surface area contributed by atoms with Crippen LogP contribution in [-0.2, 0) is 6.42 Å². The molecule has 1 aromatic rings. The molecule has 1 heterocycles. The third-order valence-corrected chi connectivity index (χ3v) is 1.92. The van der Waals surface area contributed by atoms with Crippen LogP contribution in [0.2, 0.25) is 0 Å². The van der Waals surface area contributed by atoms with Crippen LogP contribution < -0.4 is 0 Å². The fourth-order valence-corrected chi connectivity index (χ4v) is 1.31. The summed E-state index contributed by atoms with van der Waals surface area (Å²) in [4.78, 5) is 4.23. The quantitative estimate of drug-likeness (QED) is 0.524. The van der Waals surface area contributed by atoms with Gasteiger partial charge in [-0.15, -0.1) is 0 Å². The molecule has 0 radical (unpaired) electrons. The SMILES string of the molecule is Cc1ccnc2c1CC=C2. The van der Waals surface area contributed by atoms with E-state index in [1.165, 1.54) is 11.1 Å². The molecule has 0 saturated carbocycles. The van der Waals surface area contributed by atoms with Gasteiger partial charge in [-0.2, -0.15) is 0 Å². The molecule has 0 N–H and O–H groups in total. The van der Waals surface area contributed by atoms with Crippen molar-refractivity contribution in [2.24, 2.45) is 0 Å². The molecule has 2 rings (SSSR count).